The van der Waals surface area contributed by atoms with Crippen molar-refractivity contribution in [1.82, 2.24) is 10.3 Å². The van der Waals surface area contributed by atoms with Gasteiger partial charge >= 0.3 is 0 Å². The van der Waals surface area contributed by atoms with Gasteiger partial charge < -0.3 is 0 Å². The molecule has 0 bridgehead atoms. The van der Waals surface area contributed by atoms with Crippen LogP contribution in [0.1, 0.15) is 11.4 Å². The van der Waals surface area contributed by atoms with E-state index in [4.69, 9.17) is 4.63 Å². The summed E-state index contributed by atoms with van der Waals surface area (Å²) in [5.74, 6) is 0. The van der Waals surface area contributed by atoms with E-state index in [9.17, 15) is 0 Å². The molecule has 0 aliphatic heterocycles. The highest BCUT2D eigenvalue weighted by atomic mass is 16.6. The van der Waals surface area contributed by atoms with Crippen molar-refractivity contribution in [3.63, 3.8) is 0 Å². The molecule has 0 unspecified atom stereocenters. The molecule has 0 spiro atoms. The van der Waals surface area contributed by atoms with Crippen LogP contribution in [0.2, 0.25) is 0 Å². The van der Waals surface area contributed by atoms with Gasteiger partial charge in [-0.15, -0.1) is 0 Å². The normalized spacial score (nSPS) is 9.11. The summed E-state index contributed by atoms with van der Waals surface area (Å²) in [6.07, 6.45) is 0. The first-order valence-corrected chi connectivity index (χ1v) is 2.82. The first-order valence-electron chi connectivity index (χ1n) is 2.82. The summed E-state index contributed by atoms with van der Waals surface area (Å²) in [6, 6.07) is 3.88. The zero-order valence-electron chi connectivity index (χ0n) is 5.56. The van der Waals surface area contributed by atoms with Crippen LogP contribution in [0.4, 0.5) is 0 Å². The van der Waals surface area contributed by atoms with Crippen LogP contribution in [0.15, 0.2) is 16.8 Å². The highest BCUT2D eigenvalue weighted by molar-refractivity contribution is 4.99. The Balaban J connectivity index is 3.16. The van der Waals surface area contributed by atoms with Gasteiger partial charge in [-0.05, 0) is 26.0 Å². The molecule has 50 valence electrons. The van der Waals surface area contributed by atoms with Crippen LogP contribution < -0.4 is 0 Å². The van der Waals surface area contributed by atoms with Gasteiger partial charge in [0.05, 0.1) is 0 Å². The molecule has 9 heavy (non-hydrogen) atoms. The molecule has 3 heteroatoms. The fourth-order valence-electron chi connectivity index (χ4n) is 0.505. The van der Waals surface area contributed by atoms with Gasteiger partial charge in [0.25, 0.3) is 0 Å². The minimum absolute atomic E-state index is 0.986. The zero-order valence-corrected chi connectivity index (χ0v) is 5.56. The predicted octanol–water partition coefficient (Wildman–Crippen LogP) is 1.68. The van der Waals surface area contributed by atoms with Gasteiger partial charge in [0.15, 0.2) is 0 Å². The van der Waals surface area contributed by atoms with Crippen molar-refractivity contribution < 1.29 is 4.63 Å². The Kier molecular flexibility index (Phi) is 1.63. The highest BCUT2D eigenvalue weighted by Crippen LogP contribution is 1.89. The van der Waals surface area contributed by atoms with Gasteiger partial charge in [0.2, 0.25) is 0 Å². The first-order chi connectivity index (χ1) is 4.29. The van der Waals surface area contributed by atoms with Gasteiger partial charge in [0.1, 0.15) is 0 Å². The molecule has 0 aromatic carbocycles. The van der Waals surface area contributed by atoms with Crippen LogP contribution in [0.5, 0.6) is 0 Å². The minimum Gasteiger partial charge on any atom is -0.297 e. The summed E-state index contributed by atoms with van der Waals surface area (Å²) < 4.78 is 4.78. The molecule has 0 fully saturated rings. The van der Waals surface area contributed by atoms with Crippen LogP contribution in [-0.2, 0) is 0 Å². The third-order valence-electron chi connectivity index (χ3n) is 1.01. The van der Waals surface area contributed by atoms with Crippen molar-refractivity contribution in [2.24, 2.45) is 0 Å². The Labute approximate surface area is 53.3 Å². The largest absolute Gasteiger partial charge is 0.297 e. The molecule has 2 N–H and O–H groups in total. The third kappa shape index (κ3) is 1.68. The molecule has 1 aromatic heterocycles. The average molecular weight is 126 g/mol. The van der Waals surface area contributed by atoms with E-state index >= 15 is 0 Å². The molecule has 0 amide bonds. The summed E-state index contributed by atoms with van der Waals surface area (Å²) in [6.45, 7) is 3.85. The van der Waals surface area contributed by atoms with Crippen LogP contribution in [0, 0.1) is 13.8 Å². The van der Waals surface area contributed by atoms with E-state index in [1.54, 1.807) is 0 Å². The summed E-state index contributed by atoms with van der Waals surface area (Å²) in [5.41, 5.74) is 1.97. The molecule has 0 aliphatic carbocycles. The van der Waals surface area contributed by atoms with Gasteiger partial charge in [-0.1, -0.05) is 0 Å². The van der Waals surface area contributed by atoms with E-state index in [1.165, 1.54) is 0 Å². The molecule has 0 saturated heterocycles. The number of nitrogens with one attached hydrogen (secondary N) is 2. The number of rotatable bonds is 0. The van der Waals surface area contributed by atoms with E-state index in [-0.39, 0.29) is 0 Å². The van der Waals surface area contributed by atoms with Crippen molar-refractivity contribution in [3.05, 3.63) is 23.5 Å². The van der Waals surface area contributed by atoms with E-state index in [1.807, 2.05) is 26.0 Å². The standard InChI is InChI=1S/C6H10N2O/c1-5-3-4-6(2)8-9-7-5/h3-4,7-8H,1-2H3. The lowest BCUT2D eigenvalue weighted by atomic mass is 10.4. The summed E-state index contributed by atoms with van der Waals surface area (Å²) in [7, 11) is 0. The summed E-state index contributed by atoms with van der Waals surface area (Å²) >= 11 is 0. The van der Waals surface area contributed by atoms with Crippen molar-refractivity contribution in [2.45, 2.75) is 13.8 Å². The fraction of sp³-hybridized carbons (Fsp3) is 0.333. The maximum absolute atomic E-state index is 4.78. The van der Waals surface area contributed by atoms with E-state index in [0.717, 1.165) is 11.4 Å². The Morgan fingerprint density at radius 3 is 2.00 bits per heavy atom. The monoisotopic (exact) mass is 126 g/mol. The van der Waals surface area contributed by atoms with Crippen LogP contribution >= 0.6 is 0 Å². The van der Waals surface area contributed by atoms with Crippen LogP contribution in [-0.4, -0.2) is 10.3 Å². The molecule has 0 aliphatic rings. The second-order valence-electron chi connectivity index (χ2n) is 2.01. The van der Waals surface area contributed by atoms with Gasteiger partial charge in [-0.25, -0.2) is 10.3 Å². The predicted molar refractivity (Wildman–Crippen MR) is 34.5 cm³/mol. The number of hydrogen-bond donors (Lipinski definition) is 2. The van der Waals surface area contributed by atoms with E-state index in [0.29, 0.717) is 0 Å². The quantitative estimate of drug-likeness (QED) is 0.545. The summed E-state index contributed by atoms with van der Waals surface area (Å²) in [5, 5.41) is 5.35. The van der Waals surface area contributed by atoms with Crippen molar-refractivity contribution in [2.75, 3.05) is 0 Å². The lowest BCUT2D eigenvalue weighted by Gasteiger charge is -1.78. The maximum Gasteiger partial charge on any atom is 0.0484 e. The van der Waals surface area contributed by atoms with Gasteiger partial charge in [-0.3, -0.25) is 4.63 Å². The molecule has 3 nitrogen and oxygen atoms in total. The topological polar surface area (TPSA) is 44.7 Å². The first kappa shape index (κ1) is 6.01. The Hall–Kier alpha value is -1.12. The molecular weight excluding hydrogens is 116 g/mol. The Bertz CT molecular complexity index is 196. The SMILES string of the molecule is Cc1ccc(C)[nH]o[nH]1. The number of hydrogen-bond acceptors (Lipinski definition) is 1. The van der Waals surface area contributed by atoms with Crippen molar-refractivity contribution in [1.29, 1.82) is 0 Å². The number of aryl methyl sites for hydroxylation is 2. The molecule has 0 radical (unpaired) electrons. The molecule has 0 atom stereocenters. The lowest BCUT2D eigenvalue weighted by molar-refractivity contribution is 0.280. The van der Waals surface area contributed by atoms with Crippen LogP contribution in [0.25, 0.3) is 0 Å². The molecular formula is C6H10N2O. The Morgan fingerprint density at radius 2 is 1.56 bits per heavy atom. The van der Waals surface area contributed by atoms with Gasteiger partial charge in [0, 0.05) is 11.4 Å². The third-order valence-corrected chi connectivity index (χ3v) is 1.01. The molecule has 0 saturated carbocycles. The maximum atomic E-state index is 4.78. The second kappa shape index (κ2) is 2.44. The fourth-order valence-corrected chi connectivity index (χ4v) is 0.505. The number of aromatic nitrogens is 2. The van der Waals surface area contributed by atoms with Gasteiger partial charge in [-0.2, -0.15) is 0 Å². The van der Waals surface area contributed by atoms with E-state index in [2.05, 4.69) is 10.3 Å². The minimum atomic E-state index is 0.986. The van der Waals surface area contributed by atoms with Crippen molar-refractivity contribution >= 4 is 0 Å². The second-order valence-corrected chi connectivity index (χ2v) is 2.01. The zero-order chi connectivity index (χ0) is 6.69. The molecule has 1 rings (SSSR count). The molecule has 1 heterocycles. The van der Waals surface area contributed by atoms with E-state index < -0.39 is 0 Å². The smallest absolute Gasteiger partial charge is 0.0484 e. The lowest BCUT2D eigenvalue weighted by Crippen LogP contribution is -1.70. The molecule has 1 aromatic rings. The number of H-pyrrole nitrogens is 2. The average Bonchev–Trinajstić information content (AvgIpc) is 1.97. The Morgan fingerprint density at radius 1 is 1.11 bits per heavy atom. The highest BCUT2D eigenvalue weighted by Gasteiger charge is 1.78. The van der Waals surface area contributed by atoms with Crippen LogP contribution in [0.3, 0.4) is 0 Å². The summed E-state index contributed by atoms with van der Waals surface area (Å²) in [4.78, 5) is 0. The van der Waals surface area contributed by atoms with Crippen molar-refractivity contribution in [3.8, 4) is 0 Å². The number of aromatic amines is 2.